The largest absolute Gasteiger partial charge is 0.349 e. The SMILES string of the molecule is Cc1cc(C)c2c(-c3ccccc3)nc(NC(COP(c3ccccc3)c3ccccc3)CC(C)C)n2n1. The fraction of sp³-hybridized carbons (Fsp3) is 0.250. The van der Waals surface area contributed by atoms with Crippen LogP contribution in [-0.4, -0.2) is 27.2 Å². The number of nitrogens with zero attached hydrogens (tertiary/aromatic N) is 3. The van der Waals surface area contributed by atoms with Gasteiger partial charge in [-0.3, -0.25) is 0 Å². The van der Waals surface area contributed by atoms with Gasteiger partial charge in [0, 0.05) is 16.2 Å². The Morgan fingerprint density at radius 1 is 0.842 bits per heavy atom. The molecule has 0 saturated heterocycles. The van der Waals surface area contributed by atoms with Gasteiger partial charge in [-0.05, 0) is 37.8 Å². The third-order valence-corrected chi connectivity index (χ3v) is 8.38. The normalized spacial score (nSPS) is 12.4. The summed E-state index contributed by atoms with van der Waals surface area (Å²) in [6, 6.07) is 33.6. The minimum absolute atomic E-state index is 0.0734. The van der Waals surface area contributed by atoms with Gasteiger partial charge in [-0.25, -0.2) is 4.98 Å². The summed E-state index contributed by atoms with van der Waals surface area (Å²) in [5.74, 6) is 1.25. The van der Waals surface area contributed by atoms with Crippen LogP contribution in [0.1, 0.15) is 31.5 Å². The predicted molar refractivity (Wildman–Crippen MR) is 160 cm³/mol. The first-order valence-electron chi connectivity index (χ1n) is 13.2. The number of aromatic nitrogens is 3. The van der Waals surface area contributed by atoms with Crippen molar-refractivity contribution in [2.24, 2.45) is 5.92 Å². The molecule has 6 heteroatoms. The zero-order valence-corrected chi connectivity index (χ0v) is 23.4. The maximum atomic E-state index is 6.75. The van der Waals surface area contributed by atoms with Crippen molar-refractivity contribution in [1.29, 1.82) is 0 Å². The van der Waals surface area contributed by atoms with Crippen molar-refractivity contribution in [1.82, 2.24) is 14.6 Å². The summed E-state index contributed by atoms with van der Waals surface area (Å²) in [5, 5.41) is 11.0. The maximum absolute atomic E-state index is 6.75. The van der Waals surface area contributed by atoms with Gasteiger partial charge in [-0.2, -0.15) is 9.61 Å². The summed E-state index contributed by atoms with van der Waals surface area (Å²) in [4.78, 5) is 5.09. The van der Waals surface area contributed by atoms with E-state index in [2.05, 4.69) is 117 Å². The van der Waals surface area contributed by atoms with Gasteiger partial charge >= 0.3 is 0 Å². The Balaban J connectivity index is 1.47. The van der Waals surface area contributed by atoms with E-state index in [1.807, 2.05) is 17.5 Å². The highest BCUT2D eigenvalue weighted by molar-refractivity contribution is 7.68. The summed E-state index contributed by atoms with van der Waals surface area (Å²) in [6.07, 6.45) is 0.952. The lowest BCUT2D eigenvalue weighted by atomic mass is 10.0. The van der Waals surface area contributed by atoms with E-state index in [9.17, 15) is 0 Å². The highest BCUT2D eigenvalue weighted by Crippen LogP contribution is 2.36. The molecule has 0 aliphatic carbocycles. The van der Waals surface area contributed by atoms with Gasteiger partial charge in [0.25, 0.3) is 0 Å². The fourth-order valence-electron chi connectivity index (χ4n) is 4.83. The first-order chi connectivity index (χ1) is 18.5. The molecule has 5 rings (SSSR count). The van der Waals surface area contributed by atoms with Crippen LogP contribution >= 0.6 is 8.15 Å². The molecule has 5 nitrogen and oxygen atoms in total. The molecule has 1 unspecified atom stereocenters. The predicted octanol–water partition coefficient (Wildman–Crippen LogP) is 6.90. The first kappa shape index (κ1) is 26.1. The van der Waals surface area contributed by atoms with Crippen LogP contribution in [0.5, 0.6) is 0 Å². The molecule has 2 aromatic heterocycles. The van der Waals surface area contributed by atoms with Gasteiger partial charge in [0.2, 0.25) is 5.95 Å². The molecule has 0 spiro atoms. The second-order valence-corrected chi connectivity index (χ2v) is 12.0. The summed E-state index contributed by atoms with van der Waals surface area (Å²) in [5.41, 5.74) is 5.18. The molecule has 194 valence electrons. The van der Waals surface area contributed by atoms with Crippen LogP contribution in [-0.2, 0) is 4.52 Å². The van der Waals surface area contributed by atoms with Crippen LogP contribution in [0.2, 0.25) is 0 Å². The molecular formula is C32H35N4OP. The van der Waals surface area contributed by atoms with Gasteiger partial charge in [0.05, 0.1) is 32.0 Å². The third kappa shape index (κ3) is 5.96. The average molecular weight is 523 g/mol. The van der Waals surface area contributed by atoms with Crippen molar-refractivity contribution < 1.29 is 4.52 Å². The van der Waals surface area contributed by atoms with E-state index >= 15 is 0 Å². The lowest BCUT2D eigenvalue weighted by Crippen LogP contribution is -2.29. The van der Waals surface area contributed by atoms with E-state index < -0.39 is 8.15 Å². The van der Waals surface area contributed by atoms with Gasteiger partial charge in [0.15, 0.2) is 0 Å². The van der Waals surface area contributed by atoms with Crippen molar-refractivity contribution in [3.8, 4) is 11.3 Å². The molecule has 1 N–H and O–H groups in total. The van der Waals surface area contributed by atoms with E-state index in [1.165, 1.54) is 10.6 Å². The van der Waals surface area contributed by atoms with Crippen LogP contribution in [0.25, 0.3) is 16.8 Å². The van der Waals surface area contributed by atoms with Crippen molar-refractivity contribution in [2.75, 3.05) is 11.9 Å². The molecule has 0 aliphatic heterocycles. The molecule has 0 aliphatic rings. The van der Waals surface area contributed by atoms with Gasteiger partial charge in [-0.15, -0.1) is 0 Å². The Kier molecular flexibility index (Phi) is 8.17. The van der Waals surface area contributed by atoms with Crippen molar-refractivity contribution in [3.63, 3.8) is 0 Å². The molecule has 2 heterocycles. The Morgan fingerprint density at radius 3 is 2.00 bits per heavy atom. The number of hydrogen-bond donors (Lipinski definition) is 1. The molecule has 3 aromatic carbocycles. The molecule has 0 fully saturated rings. The summed E-state index contributed by atoms with van der Waals surface area (Å²) in [7, 11) is -0.942. The highest BCUT2D eigenvalue weighted by Gasteiger charge is 2.22. The molecule has 38 heavy (non-hydrogen) atoms. The molecule has 0 radical (unpaired) electrons. The van der Waals surface area contributed by atoms with Crippen molar-refractivity contribution in [2.45, 2.75) is 40.2 Å². The molecular weight excluding hydrogens is 487 g/mol. The third-order valence-electron chi connectivity index (χ3n) is 6.43. The standard InChI is InChI=1S/C32H35N4OP/c1-23(2)20-27(22-37-38(28-16-10-6-11-17-28)29-18-12-7-13-19-29)33-32-34-30(26-14-8-5-9-15-26)31-24(3)21-25(4)35-36(31)32/h5-19,21,23,27H,20,22H2,1-4H3,(H,33,34). The molecule has 0 bridgehead atoms. The number of aryl methyl sites for hydroxylation is 2. The van der Waals surface area contributed by atoms with Crippen molar-refractivity contribution in [3.05, 3.63) is 108 Å². The number of hydrogen-bond acceptors (Lipinski definition) is 4. The van der Waals surface area contributed by atoms with Crippen LogP contribution in [0, 0.1) is 19.8 Å². The highest BCUT2D eigenvalue weighted by atomic mass is 31.1. The van der Waals surface area contributed by atoms with E-state index in [4.69, 9.17) is 14.6 Å². The van der Waals surface area contributed by atoms with Crippen molar-refractivity contribution >= 4 is 30.2 Å². The van der Waals surface area contributed by atoms with Crippen LogP contribution in [0.3, 0.4) is 0 Å². The van der Waals surface area contributed by atoms with Crippen LogP contribution in [0.4, 0.5) is 5.95 Å². The van der Waals surface area contributed by atoms with Gasteiger partial charge in [0.1, 0.15) is 5.69 Å². The van der Waals surface area contributed by atoms with E-state index in [0.717, 1.165) is 40.4 Å². The number of fused-ring (bicyclic) bond motifs is 1. The number of anilines is 1. The fourth-order valence-corrected chi connectivity index (χ4v) is 6.64. The molecule has 1 atom stereocenters. The van der Waals surface area contributed by atoms with E-state index in [-0.39, 0.29) is 6.04 Å². The zero-order chi connectivity index (χ0) is 26.5. The minimum Gasteiger partial charge on any atom is -0.349 e. The maximum Gasteiger partial charge on any atom is 0.225 e. The molecule has 0 amide bonds. The zero-order valence-electron chi connectivity index (χ0n) is 22.5. The first-order valence-corrected chi connectivity index (χ1v) is 14.5. The number of benzene rings is 3. The quantitative estimate of drug-likeness (QED) is 0.203. The Bertz CT molecular complexity index is 1430. The van der Waals surface area contributed by atoms with E-state index in [0.29, 0.717) is 12.5 Å². The lowest BCUT2D eigenvalue weighted by molar-refractivity contribution is 0.312. The van der Waals surface area contributed by atoms with Crippen LogP contribution in [0.15, 0.2) is 97.1 Å². The molecule has 5 aromatic rings. The Morgan fingerprint density at radius 2 is 1.42 bits per heavy atom. The monoisotopic (exact) mass is 522 g/mol. The Hall–Kier alpha value is -3.53. The van der Waals surface area contributed by atoms with Gasteiger partial charge < -0.3 is 9.84 Å². The van der Waals surface area contributed by atoms with Crippen LogP contribution < -0.4 is 15.9 Å². The summed E-state index contributed by atoms with van der Waals surface area (Å²) >= 11 is 0. The Labute approximate surface area is 226 Å². The number of rotatable bonds is 10. The average Bonchev–Trinajstić information content (AvgIpc) is 3.28. The van der Waals surface area contributed by atoms with Gasteiger partial charge in [-0.1, -0.05) is 105 Å². The second-order valence-electron chi connectivity index (χ2n) is 10.1. The summed E-state index contributed by atoms with van der Waals surface area (Å²) in [6.45, 7) is 9.21. The minimum atomic E-state index is -0.942. The number of imidazole rings is 1. The van der Waals surface area contributed by atoms with E-state index in [1.54, 1.807) is 0 Å². The topological polar surface area (TPSA) is 51.5 Å². The second kappa shape index (κ2) is 11.9. The smallest absolute Gasteiger partial charge is 0.225 e. The number of nitrogens with one attached hydrogen (secondary N) is 1. The lowest BCUT2D eigenvalue weighted by Gasteiger charge is -2.25. The molecule has 0 saturated carbocycles. The summed E-state index contributed by atoms with van der Waals surface area (Å²) < 4.78 is 8.72.